The Morgan fingerprint density at radius 2 is 2.06 bits per heavy atom. The van der Waals surface area contributed by atoms with Crippen molar-refractivity contribution in [1.82, 2.24) is 14.8 Å². The van der Waals surface area contributed by atoms with Gasteiger partial charge in [0.1, 0.15) is 5.01 Å². The second-order valence-corrected chi connectivity index (χ2v) is 6.01. The van der Waals surface area contributed by atoms with Crippen molar-refractivity contribution in [3.8, 4) is 0 Å². The molecule has 88 valence electrons. The van der Waals surface area contributed by atoms with E-state index < -0.39 is 0 Å². The maximum absolute atomic E-state index is 4.80. The number of rotatable bonds is 2. The molecule has 1 atom stereocenters. The van der Waals surface area contributed by atoms with Crippen LogP contribution in [0.5, 0.6) is 0 Å². The summed E-state index contributed by atoms with van der Waals surface area (Å²) in [4.78, 5) is 9.97. The molecule has 3 saturated heterocycles. The third kappa shape index (κ3) is 1.79. The molecular formula is C12H19N3S. The number of thiazole rings is 1. The fourth-order valence-electron chi connectivity index (χ4n) is 2.57. The summed E-state index contributed by atoms with van der Waals surface area (Å²) in [5, 5.41) is 3.56. The smallest absolute Gasteiger partial charge is 0.111 e. The van der Waals surface area contributed by atoms with Crippen molar-refractivity contribution in [2.75, 3.05) is 32.7 Å². The van der Waals surface area contributed by atoms with Crippen LogP contribution in [0.3, 0.4) is 0 Å². The zero-order valence-corrected chi connectivity index (χ0v) is 10.8. The van der Waals surface area contributed by atoms with Gasteiger partial charge in [0.05, 0.1) is 11.7 Å². The van der Waals surface area contributed by atoms with E-state index in [4.69, 9.17) is 4.98 Å². The number of hydrogen-bond donors (Lipinski definition) is 0. The summed E-state index contributed by atoms with van der Waals surface area (Å²) in [7, 11) is 0. The van der Waals surface area contributed by atoms with Crippen molar-refractivity contribution in [1.29, 1.82) is 0 Å². The number of fused-ring (bicyclic) bond motifs is 3. The molecule has 1 aromatic heterocycles. The molecule has 0 aromatic carbocycles. The molecule has 0 N–H and O–H groups in total. The first-order chi connectivity index (χ1) is 7.74. The molecule has 4 rings (SSSR count). The highest BCUT2D eigenvalue weighted by molar-refractivity contribution is 7.09. The number of piperazine rings is 3. The second-order valence-electron chi connectivity index (χ2n) is 5.12. The van der Waals surface area contributed by atoms with Gasteiger partial charge in [-0.15, -0.1) is 11.3 Å². The second kappa shape index (κ2) is 4.09. The van der Waals surface area contributed by atoms with Gasteiger partial charge in [-0.3, -0.25) is 9.80 Å². The van der Waals surface area contributed by atoms with Crippen LogP contribution in [-0.4, -0.2) is 47.5 Å². The predicted molar refractivity (Wildman–Crippen MR) is 67.0 cm³/mol. The van der Waals surface area contributed by atoms with Crippen molar-refractivity contribution in [2.24, 2.45) is 0 Å². The van der Waals surface area contributed by atoms with Gasteiger partial charge in [-0.1, -0.05) is 13.8 Å². The van der Waals surface area contributed by atoms with Crippen LogP contribution in [0.2, 0.25) is 0 Å². The zero-order valence-electron chi connectivity index (χ0n) is 10.0. The van der Waals surface area contributed by atoms with Crippen molar-refractivity contribution in [3.63, 3.8) is 0 Å². The molecule has 0 saturated carbocycles. The summed E-state index contributed by atoms with van der Waals surface area (Å²) in [6, 6.07) is 0.569. The standard InChI is InChI=1S/C12H19N3S/c1-9(2)10-8-16-12(13-10)11-7-14-3-5-15(11)6-4-14/h8-9,11H,3-7H2,1-2H3. The van der Waals surface area contributed by atoms with Gasteiger partial charge in [0.2, 0.25) is 0 Å². The number of aromatic nitrogens is 1. The Morgan fingerprint density at radius 3 is 2.56 bits per heavy atom. The predicted octanol–water partition coefficient (Wildman–Crippen LogP) is 1.94. The molecule has 3 aliphatic rings. The van der Waals surface area contributed by atoms with E-state index in [1.807, 2.05) is 11.3 Å². The largest absolute Gasteiger partial charge is 0.299 e. The summed E-state index contributed by atoms with van der Waals surface area (Å²) in [6.45, 7) is 10.6. The molecule has 1 aromatic rings. The van der Waals surface area contributed by atoms with Crippen LogP contribution in [-0.2, 0) is 0 Å². The van der Waals surface area contributed by atoms with Crippen LogP contribution < -0.4 is 0 Å². The number of nitrogens with zero attached hydrogens (tertiary/aromatic N) is 3. The van der Waals surface area contributed by atoms with E-state index in [0.29, 0.717) is 12.0 Å². The Kier molecular flexibility index (Phi) is 2.73. The minimum Gasteiger partial charge on any atom is -0.299 e. The molecule has 4 heteroatoms. The fraction of sp³-hybridized carbons (Fsp3) is 0.750. The summed E-state index contributed by atoms with van der Waals surface area (Å²) < 4.78 is 0. The maximum atomic E-state index is 4.80. The third-order valence-electron chi connectivity index (χ3n) is 3.70. The van der Waals surface area contributed by atoms with E-state index >= 15 is 0 Å². The van der Waals surface area contributed by atoms with E-state index in [9.17, 15) is 0 Å². The lowest BCUT2D eigenvalue weighted by Crippen LogP contribution is -2.56. The molecule has 3 nitrogen and oxygen atoms in total. The zero-order chi connectivity index (χ0) is 11.1. The lowest BCUT2D eigenvalue weighted by atomic mass is 10.1. The Hall–Kier alpha value is -0.450. The van der Waals surface area contributed by atoms with E-state index in [-0.39, 0.29) is 0 Å². The SMILES string of the molecule is CC(C)c1csc(C2CN3CCN2CC3)n1. The molecular weight excluding hydrogens is 218 g/mol. The molecule has 0 amide bonds. The van der Waals surface area contributed by atoms with Crippen LogP contribution >= 0.6 is 11.3 Å². The highest BCUT2D eigenvalue weighted by Crippen LogP contribution is 2.31. The van der Waals surface area contributed by atoms with Gasteiger partial charge in [-0.25, -0.2) is 4.98 Å². The maximum Gasteiger partial charge on any atom is 0.111 e. The first-order valence-electron chi connectivity index (χ1n) is 6.16. The van der Waals surface area contributed by atoms with Crippen molar-refractivity contribution >= 4 is 11.3 Å². The first-order valence-corrected chi connectivity index (χ1v) is 7.04. The van der Waals surface area contributed by atoms with Crippen molar-refractivity contribution < 1.29 is 0 Å². The summed E-state index contributed by atoms with van der Waals surface area (Å²) in [6.07, 6.45) is 0. The molecule has 3 aliphatic heterocycles. The Labute approximate surface area is 101 Å². The van der Waals surface area contributed by atoms with E-state index in [2.05, 4.69) is 29.0 Å². The summed E-state index contributed by atoms with van der Waals surface area (Å²) >= 11 is 1.84. The van der Waals surface area contributed by atoms with Gasteiger partial charge in [0.15, 0.2) is 0 Å². The lowest BCUT2D eigenvalue weighted by molar-refractivity contribution is 0.0122. The van der Waals surface area contributed by atoms with E-state index in [1.165, 1.54) is 43.4 Å². The minimum atomic E-state index is 0.557. The molecule has 3 fully saturated rings. The summed E-state index contributed by atoms with van der Waals surface area (Å²) in [5.41, 5.74) is 1.26. The van der Waals surface area contributed by atoms with Gasteiger partial charge in [-0.05, 0) is 5.92 Å². The topological polar surface area (TPSA) is 19.4 Å². The molecule has 2 bridgehead atoms. The first kappa shape index (κ1) is 10.7. The molecule has 0 radical (unpaired) electrons. The van der Waals surface area contributed by atoms with Crippen LogP contribution in [0.25, 0.3) is 0 Å². The molecule has 1 unspecified atom stereocenters. The van der Waals surface area contributed by atoms with Crippen LogP contribution in [0, 0.1) is 0 Å². The van der Waals surface area contributed by atoms with Gasteiger partial charge in [-0.2, -0.15) is 0 Å². The minimum absolute atomic E-state index is 0.557. The highest BCUT2D eigenvalue weighted by Gasteiger charge is 2.34. The molecule has 0 aliphatic carbocycles. The normalized spacial score (nSPS) is 33.6. The van der Waals surface area contributed by atoms with E-state index in [1.54, 1.807) is 0 Å². The monoisotopic (exact) mass is 237 g/mol. The average Bonchev–Trinajstić information content (AvgIpc) is 2.80. The van der Waals surface area contributed by atoms with Gasteiger partial charge >= 0.3 is 0 Å². The molecule has 0 spiro atoms. The van der Waals surface area contributed by atoms with Gasteiger partial charge < -0.3 is 0 Å². The van der Waals surface area contributed by atoms with E-state index in [0.717, 1.165) is 0 Å². The van der Waals surface area contributed by atoms with Crippen LogP contribution in [0.15, 0.2) is 5.38 Å². The average molecular weight is 237 g/mol. The number of hydrogen-bond acceptors (Lipinski definition) is 4. The van der Waals surface area contributed by atoms with Crippen LogP contribution in [0.1, 0.15) is 36.5 Å². The van der Waals surface area contributed by atoms with Crippen LogP contribution in [0.4, 0.5) is 0 Å². The van der Waals surface area contributed by atoms with Gasteiger partial charge in [0.25, 0.3) is 0 Å². The molecule has 16 heavy (non-hydrogen) atoms. The van der Waals surface area contributed by atoms with Gasteiger partial charge in [0, 0.05) is 38.1 Å². The highest BCUT2D eigenvalue weighted by atomic mass is 32.1. The summed E-state index contributed by atoms with van der Waals surface area (Å²) in [5.74, 6) is 0.557. The fourth-order valence-corrected chi connectivity index (χ4v) is 3.68. The van der Waals surface area contributed by atoms with Crippen molar-refractivity contribution in [2.45, 2.75) is 25.8 Å². The lowest BCUT2D eigenvalue weighted by Gasteiger charge is -2.46. The Balaban J connectivity index is 1.81. The Morgan fingerprint density at radius 1 is 1.31 bits per heavy atom. The Bertz CT molecular complexity index is 366. The molecule has 4 heterocycles. The van der Waals surface area contributed by atoms with Crippen molar-refractivity contribution in [3.05, 3.63) is 16.1 Å². The third-order valence-corrected chi connectivity index (χ3v) is 4.66. The quantitative estimate of drug-likeness (QED) is 0.783.